The summed E-state index contributed by atoms with van der Waals surface area (Å²) in [7, 11) is 1.76. The average Bonchev–Trinajstić information content (AvgIpc) is 2.33. The SMILES string of the molecule is COCCCSc1ccccc1CNC(C)C. The Bertz CT molecular complexity index is 315. The lowest BCUT2D eigenvalue weighted by molar-refractivity contribution is 0.200. The number of benzene rings is 1. The highest BCUT2D eigenvalue weighted by atomic mass is 32.2. The van der Waals surface area contributed by atoms with Gasteiger partial charge in [-0.25, -0.2) is 0 Å². The zero-order chi connectivity index (χ0) is 12.5. The number of ether oxygens (including phenoxy) is 1. The molecule has 3 heteroatoms. The minimum Gasteiger partial charge on any atom is -0.385 e. The molecule has 2 nitrogen and oxygen atoms in total. The van der Waals surface area contributed by atoms with Crippen molar-refractivity contribution in [3.63, 3.8) is 0 Å². The molecule has 0 aliphatic rings. The van der Waals surface area contributed by atoms with Crippen molar-refractivity contribution in [1.82, 2.24) is 5.32 Å². The number of hydrogen-bond donors (Lipinski definition) is 1. The Morgan fingerprint density at radius 2 is 2.06 bits per heavy atom. The Morgan fingerprint density at radius 3 is 2.76 bits per heavy atom. The molecule has 0 unspecified atom stereocenters. The first-order chi connectivity index (χ1) is 8.24. The van der Waals surface area contributed by atoms with Gasteiger partial charge in [0.1, 0.15) is 0 Å². The molecule has 0 aliphatic heterocycles. The Hall–Kier alpha value is -0.510. The van der Waals surface area contributed by atoms with Gasteiger partial charge < -0.3 is 10.1 Å². The monoisotopic (exact) mass is 253 g/mol. The first-order valence-corrected chi connectivity index (χ1v) is 7.15. The van der Waals surface area contributed by atoms with Crippen molar-refractivity contribution in [2.45, 2.75) is 37.8 Å². The summed E-state index contributed by atoms with van der Waals surface area (Å²) in [6.07, 6.45) is 1.10. The van der Waals surface area contributed by atoms with Crippen LogP contribution in [0.25, 0.3) is 0 Å². The van der Waals surface area contributed by atoms with Gasteiger partial charge in [-0.05, 0) is 18.1 Å². The van der Waals surface area contributed by atoms with Crippen molar-refractivity contribution >= 4 is 11.8 Å². The lowest BCUT2D eigenvalue weighted by Gasteiger charge is -2.12. The molecular weight excluding hydrogens is 230 g/mol. The maximum absolute atomic E-state index is 5.06. The predicted molar refractivity (Wildman–Crippen MR) is 75.6 cm³/mol. The van der Waals surface area contributed by atoms with E-state index in [0.717, 1.165) is 25.3 Å². The zero-order valence-electron chi connectivity index (χ0n) is 11.0. The summed E-state index contributed by atoms with van der Waals surface area (Å²) in [5.41, 5.74) is 1.39. The van der Waals surface area contributed by atoms with E-state index in [4.69, 9.17) is 4.74 Å². The maximum atomic E-state index is 5.06. The van der Waals surface area contributed by atoms with Crippen molar-refractivity contribution in [3.05, 3.63) is 29.8 Å². The molecule has 0 saturated carbocycles. The normalized spacial score (nSPS) is 11.1. The van der Waals surface area contributed by atoms with E-state index < -0.39 is 0 Å². The second-order valence-corrected chi connectivity index (χ2v) is 5.47. The van der Waals surface area contributed by atoms with Crippen molar-refractivity contribution < 1.29 is 4.74 Å². The van der Waals surface area contributed by atoms with E-state index >= 15 is 0 Å². The molecule has 0 spiro atoms. The molecule has 1 aromatic rings. The van der Waals surface area contributed by atoms with Gasteiger partial charge >= 0.3 is 0 Å². The van der Waals surface area contributed by atoms with Crippen molar-refractivity contribution in [1.29, 1.82) is 0 Å². The molecule has 0 radical (unpaired) electrons. The first kappa shape index (κ1) is 14.6. The number of methoxy groups -OCH3 is 1. The van der Waals surface area contributed by atoms with Crippen LogP contribution in [0.4, 0.5) is 0 Å². The van der Waals surface area contributed by atoms with Crippen LogP contribution in [0.3, 0.4) is 0 Å². The fourth-order valence-electron chi connectivity index (χ4n) is 1.49. The summed E-state index contributed by atoms with van der Waals surface area (Å²) in [6.45, 7) is 6.15. The van der Waals surface area contributed by atoms with E-state index in [-0.39, 0.29) is 0 Å². The van der Waals surface area contributed by atoms with Crippen LogP contribution in [0.5, 0.6) is 0 Å². The minimum absolute atomic E-state index is 0.529. The van der Waals surface area contributed by atoms with E-state index in [1.165, 1.54) is 10.5 Å². The summed E-state index contributed by atoms with van der Waals surface area (Å²) < 4.78 is 5.06. The van der Waals surface area contributed by atoms with Crippen LogP contribution >= 0.6 is 11.8 Å². The highest BCUT2D eigenvalue weighted by Crippen LogP contribution is 2.23. The minimum atomic E-state index is 0.529. The quantitative estimate of drug-likeness (QED) is 0.567. The van der Waals surface area contributed by atoms with Crippen molar-refractivity contribution in [2.24, 2.45) is 0 Å². The highest BCUT2D eigenvalue weighted by molar-refractivity contribution is 7.99. The van der Waals surface area contributed by atoms with Gasteiger partial charge in [0.05, 0.1) is 0 Å². The third kappa shape index (κ3) is 6.10. The molecule has 0 bridgehead atoms. The fraction of sp³-hybridized carbons (Fsp3) is 0.571. The van der Waals surface area contributed by atoms with E-state index in [1.807, 2.05) is 11.8 Å². The molecule has 0 aromatic heterocycles. The third-order valence-electron chi connectivity index (χ3n) is 2.42. The molecular formula is C14H23NOS. The van der Waals surface area contributed by atoms with Gasteiger partial charge in [-0.1, -0.05) is 32.0 Å². The Kier molecular flexibility index (Phi) is 7.33. The van der Waals surface area contributed by atoms with E-state index in [0.29, 0.717) is 6.04 Å². The van der Waals surface area contributed by atoms with Gasteiger partial charge in [-0.3, -0.25) is 0 Å². The molecule has 0 fully saturated rings. The van der Waals surface area contributed by atoms with Crippen LogP contribution in [-0.2, 0) is 11.3 Å². The van der Waals surface area contributed by atoms with Gasteiger partial charge in [-0.2, -0.15) is 0 Å². The molecule has 0 aliphatic carbocycles. The average molecular weight is 253 g/mol. The number of thioether (sulfide) groups is 1. The number of nitrogens with one attached hydrogen (secondary N) is 1. The third-order valence-corrected chi connectivity index (χ3v) is 3.63. The Morgan fingerprint density at radius 1 is 1.29 bits per heavy atom. The standard InChI is InChI=1S/C14H23NOS/c1-12(2)15-11-13-7-4-5-8-14(13)17-10-6-9-16-3/h4-5,7-8,12,15H,6,9-11H2,1-3H3. The second-order valence-electron chi connectivity index (χ2n) is 4.34. The lowest BCUT2D eigenvalue weighted by Crippen LogP contribution is -2.22. The number of rotatable bonds is 8. The topological polar surface area (TPSA) is 21.3 Å². The van der Waals surface area contributed by atoms with Crippen LogP contribution in [0, 0.1) is 0 Å². The lowest BCUT2D eigenvalue weighted by atomic mass is 10.2. The van der Waals surface area contributed by atoms with Crippen LogP contribution in [0.1, 0.15) is 25.8 Å². The van der Waals surface area contributed by atoms with Crippen LogP contribution in [0.15, 0.2) is 29.2 Å². The van der Waals surface area contributed by atoms with Gasteiger partial charge in [0.15, 0.2) is 0 Å². The molecule has 0 amide bonds. The first-order valence-electron chi connectivity index (χ1n) is 6.17. The summed E-state index contributed by atoms with van der Waals surface area (Å²) in [6, 6.07) is 9.15. The van der Waals surface area contributed by atoms with Crippen LogP contribution in [-0.4, -0.2) is 25.5 Å². The van der Waals surface area contributed by atoms with Gasteiger partial charge in [0.25, 0.3) is 0 Å². The summed E-state index contributed by atoms with van der Waals surface area (Å²) in [5, 5.41) is 3.47. The molecule has 17 heavy (non-hydrogen) atoms. The summed E-state index contributed by atoms with van der Waals surface area (Å²) in [4.78, 5) is 1.39. The largest absolute Gasteiger partial charge is 0.385 e. The smallest absolute Gasteiger partial charge is 0.0470 e. The Labute approximate surface area is 109 Å². The van der Waals surface area contributed by atoms with Gasteiger partial charge in [0, 0.05) is 37.0 Å². The second kappa shape index (κ2) is 8.56. The van der Waals surface area contributed by atoms with Crippen molar-refractivity contribution in [3.8, 4) is 0 Å². The predicted octanol–water partition coefficient (Wildman–Crippen LogP) is 3.31. The zero-order valence-corrected chi connectivity index (χ0v) is 11.8. The molecule has 1 aromatic carbocycles. The summed E-state index contributed by atoms with van der Waals surface area (Å²) in [5.74, 6) is 1.12. The molecule has 1 rings (SSSR count). The van der Waals surface area contributed by atoms with Crippen molar-refractivity contribution in [2.75, 3.05) is 19.5 Å². The molecule has 0 atom stereocenters. The van der Waals surface area contributed by atoms with Gasteiger partial charge in [0.2, 0.25) is 0 Å². The van der Waals surface area contributed by atoms with E-state index in [1.54, 1.807) is 7.11 Å². The van der Waals surface area contributed by atoms with E-state index in [9.17, 15) is 0 Å². The van der Waals surface area contributed by atoms with Crippen LogP contribution < -0.4 is 5.32 Å². The summed E-state index contributed by atoms with van der Waals surface area (Å²) >= 11 is 1.92. The van der Waals surface area contributed by atoms with E-state index in [2.05, 4.69) is 43.4 Å². The number of hydrogen-bond acceptors (Lipinski definition) is 3. The molecule has 0 heterocycles. The van der Waals surface area contributed by atoms with Gasteiger partial charge in [-0.15, -0.1) is 11.8 Å². The fourth-order valence-corrected chi connectivity index (χ4v) is 2.47. The molecule has 1 N–H and O–H groups in total. The van der Waals surface area contributed by atoms with Crippen LogP contribution in [0.2, 0.25) is 0 Å². The Balaban J connectivity index is 2.46. The molecule has 0 saturated heterocycles. The molecule has 96 valence electrons. The maximum Gasteiger partial charge on any atom is 0.0470 e. The highest BCUT2D eigenvalue weighted by Gasteiger charge is 2.02.